The molecule has 1 aromatic carbocycles. The van der Waals surface area contributed by atoms with Gasteiger partial charge in [-0.05, 0) is 37.5 Å². The fourth-order valence-electron chi connectivity index (χ4n) is 1.86. The SMILES string of the molecule is CCCC(C)NCCOc1cccc(CC)c1. The van der Waals surface area contributed by atoms with E-state index in [9.17, 15) is 0 Å². The van der Waals surface area contributed by atoms with E-state index in [0.29, 0.717) is 6.04 Å². The van der Waals surface area contributed by atoms with Crippen LogP contribution < -0.4 is 10.1 Å². The van der Waals surface area contributed by atoms with E-state index in [2.05, 4.69) is 44.3 Å². The maximum Gasteiger partial charge on any atom is 0.119 e. The summed E-state index contributed by atoms with van der Waals surface area (Å²) in [5.74, 6) is 0.981. The Morgan fingerprint density at radius 1 is 1.29 bits per heavy atom. The summed E-state index contributed by atoms with van der Waals surface area (Å²) >= 11 is 0. The number of ether oxygens (including phenoxy) is 1. The van der Waals surface area contributed by atoms with Crippen LogP contribution in [0.4, 0.5) is 0 Å². The Balaban J connectivity index is 2.21. The Morgan fingerprint density at radius 3 is 2.82 bits per heavy atom. The third kappa shape index (κ3) is 5.73. The van der Waals surface area contributed by atoms with Crippen LogP contribution in [0, 0.1) is 0 Å². The van der Waals surface area contributed by atoms with Gasteiger partial charge in [-0.3, -0.25) is 0 Å². The third-order valence-corrected chi connectivity index (χ3v) is 2.89. The summed E-state index contributed by atoms with van der Waals surface area (Å²) in [7, 11) is 0. The minimum Gasteiger partial charge on any atom is -0.492 e. The number of benzene rings is 1. The predicted molar refractivity (Wildman–Crippen MR) is 73.7 cm³/mol. The Labute approximate surface area is 105 Å². The first kappa shape index (κ1) is 14.0. The fraction of sp³-hybridized carbons (Fsp3) is 0.600. The molecule has 0 amide bonds. The first-order chi connectivity index (χ1) is 8.26. The first-order valence-electron chi connectivity index (χ1n) is 6.71. The molecule has 2 nitrogen and oxygen atoms in total. The molecule has 0 aromatic heterocycles. The van der Waals surface area contributed by atoms with Crippen molar-refractivity contribution in [1.29, 1.82) is 0 Å². The second-order valence-corrected chi connectivity index (χ2v) is 4.49. The topological polar surface area (TPSA) is 21.3 Å². The predicted octanol–water partition coefficient (Wildman–Crippen LogP) is 3.41. The number of hydrogen-bond donors (Lipinski definition) is 1. The van der Waals surface area contributed by atoms with Gasteiger partial charge < -0.3 is 10.1 Å². The summed E-state index contributed by atoms with van der Waals surface area (Å²) in [4.78, 5) is 0. The maximum absolute atomic E-state index is 5.71. The highest BCUT2D eigenvalue weighted by molar-refractivity contribution is 5.28. The van der Waals surface area contributed by atoms with Gasteiger partial charge in [-0.2, -0.15) is 0 Å². The highest BCUT2D eigenvalue weighted by Gasteiger charge is 1.99. The lowest BCUT2D eigenvalue weighted by Crippen LogP contribution is -2.29. The van der Waals surface area contributed by atoms with Gasteiger partial charge in [0.2, 0.25) is 0 Å². The van der Waals surface area contributed by atoms with Crippen LogP contribution in [0.3, 0.4) is 0 Å². The number of nitrogens with one attached hydrogen (secondary N) is 1. The van der Waals surface area contributed by atoms with Crippen LogP contribution in [-0.4, -0.2) is 19.2 Å². The van der Waals surface area contributed by atoms with Gasteiger partial charge >= 0.3 is 0 Å². The lowest BCUT2D eigenvalue weighted by molar-refractivity contribution is 0.304. The van der Waals surface area contributed by atoms with Gasteiger partial charge in [0.05, 0.1) is 0 Å². The molecule has 0 saturated heterocycles. The van der Waals surface area contributed by atoms with E-state index in [1.54, 1.807) is 0 Å². The van der Waals surface area contributed by atoms with Gasteiger partial charge in [0.15, 0.2) is 0 Å². The van der Waals surface area contributed by atoms with E-state index < -0.39 is 0 Å². The van der Waals surface area contributed by atoms with Crippen molar-refractivity contribution in [2.75, 3.05) is 13.2 Å². The van der Waals surface area contributed by atoms with Crippen LogP contribution in [-0.2, 0) is 6.42 Å². The molecule has 2 heteroatoms. The molecular weight excluding hydrogens is 210 g/mol. The number of aryl methyl sites for hydroxylation is 1. The minimum absolute atomic E-state index is 0.588. The Hall–Kier alpha value is -1.02. The Bertz CT molecular complexity index is 312. The molecule has 0 saturated carbocycles. The normalized spacial score (nSPS) is 12.4. The third-order valence-electron chi connectivity index (χ3n) is 2.89. The van der Waals surface area contributed by atoms with Gasteiger partial charge in [0, 0.05) is 12.6 Å². The molecule has 1 rings (SSSR count). The molecule has 0 spiro atoms. The van der Waals surface area contributed by atoms with Crippen LogP contribution in [0.1, 0.15) is 39.2 Å². The minimum atomic E-state index is 0.588. The van der Waals surface area contributed by atoms with E-state index in [-0.39, 0.29) is 0 Å². The Morgan fingerprint density at radius 2 is 2.12 bits per heavy atom. The van der Waals surface area contributed by atoms with E-state index in [0.717, 1.165) is 25.3 Å². The molecule has 1 N–H and O–H groups in total. The van der Waals surface area contributed by atoms with Crippen molar-refractivity contribution in [1.82, 2.24) is 5.32 Å². The highest BCUT2D eigenvalue weighted by atomic mass is 16.5. The van der Waals surface area contributed by atoms with Gasteiger partial charge in [0.1, 0.15) is 12.4 Å². The zero-order chi connectivity index (χ0) is 12.5. The molecule has 0 radical (unpaired) electrons. The molecule has 17 heavy (non-hydrogen) atoms. The van der Waals surface area contributed by atoms with Crippen molar-refractivity contribution >= 4 is 0 Å². The van der Waals surface area contributed by atoms with E-state index in [4.69, 9.17) is 4.74 Å². The largest absolute Gasteiger partial charge is 0.492 e. The molecule has 1 unspecified atom stereocenters. The fourth-order valence-corrected chi connectivity index (χ4v) is 1.86. The summed E-state index contributed by atoms with van der Waals surface area (Å²) in [5, 5.41) is 3.46. The lowest BCUT2D eigenvalue weighted by Gasteiger charge is -2.13. The Kier molecular flexibility index (Phi) is 6.71. The van der Waals surface area contributed by atoms with Crippen molar-refractivity contribution in [3.05, 3.63) is 29.8 Å². The van der Waals surface area contributed by atoms with Crippen molar-refractivity contribution in [2.24, 2.45) is 0 Å². The van der Waals surface area contributed by atoms with E-state index >= 15 is 0 Å². The number of rotatable bonds is 8. The van der Waals surface area contributed by atoms with E-state index in [1.807, 2.05) is 6.07 Å². The average Bonchev–Trinajstić information content (AvgIpc) is 2.35. The zero-order valence-electron chi connectivity index (χ0n) is 11.3. The molecular formula is C15H25NO. The second kappa shape index (κ2) is 8.13. The van der Waals surface area contributed by atoms with Gasteiger partial charge in [0.25, 0.3) is 0 Å². The molecule has 0 aliphatic carbocycles. The molecule has 0 aliphatic heterocycles. The van der Waals surface area contributed by atoms with Crippen LogP contribution in [0.25, 0.3) is 0 Å². The molecule has 0 fully saturated rings. The summed E-state index contributed by atoms with van der Waals surface area (Å²) in [6.45, 7) is 8.25. The molecule has 96 valence electrons. The summed E-state index contributed by atoms with van der Waals surface area (Å²) < 4.78 is 5.71. The smallest absolute Gasteiger partial charge is 0.119 e. The highest BCUT2D eigenvalue weighted by Crippen LogP contribution is 2.13. The van der Waals surface area contributed by atoms with Crippen LogP contribution >= 0.6 is 0 Å². The maximum atomic E-state index is 5.71. The molecule has 1 atom stereocenters. The van der Waals surface area contributed by atoms with Crippen molar-refractivity contribution in [3.8, 4) is 5.75 Å². The molecule has 0 aliphatic rings. The van der Waals surface area contributed by atoms with Gasteiger partial charge in [-0.25, -0.2) is 0 Å². The van der Waals surface area contributed by atoms with E-state index in [1.165, 1.54) is 18.4 Å². The van der Waals surface area contributed by atoms with Crippen LogP contribution in [0.15, 0.2) is 24.3 Å². The van der Waals surface area contributed by atoms with Crippen molar-refractivity contribution in [2.45, 2.75) is 46.1 Å². The quantitative estimate of drug-likeness (QED) is 0.697. The van der Waals surface area contributed by atoms with Crippen LogP contribution in [0.2, 0.25) is 0 Å². The van der Waals surface area contributed by atoms with Gasteiger partial charge in [-0.15, -0.1) is 0 Å². The summed E-state index contributed by atoms with van der Waals surface area (Å²) in [6.07, 6.45) is 3.52. The average molecular weight is 235 g/mol. The lowest BCUT2D eigenvalue weighted by atomic mass is 10.2. The summed E-state index contributed by atoms with van der Waals surface area (Å²) in [5.41, 5.74) is 1.33. The monoisotopic (exact) mass is 235 g/mol. The van der Waals surface area contributed by atoms with Crippen LogP contribution in [0.5, 0.6) is 5.75 Å². The second-order valence-electron chi connectivity index (χ2n) is 4.49. The molecule has 0 bridgehead atoms. The molecule has 1 aromatic rings. The van der Waals surface area contributed by atoms with Crippen molar-refractivity contribution in [3.63, 3.8) is 0 Å². The first-order valence-corrected chi connectivity index (χ1v) is 6.71. The van der Waals surface area contributed by atoms with Gasteiger partial charge in [-0.1, -0.05) is 32.4 Å². The number of hydrogen-bond acceptors (Lipinski definition) is 2. The summed E-state index contributed by atoms with van der Waals surface area (Å²) in [6, 6.07) is 8.92. The standard InChI is InChI=1S/C15H25NO/c1-4-7-13(3)16-10-11-17-15-9-6-8-14(5-2)12-15/h6,8-9,12-13,16H,4-5,7,10-11H2,1-3H3. The molecule has 0 heterocycles. The van der Waals surface area contributed by atoms with Crippen molar-refractivity contribution < 1.29 is 4.74 Å². The zero-order valence-corrected chi connectivity index (χ0v) is 11.3.